The molecular formula is C61H67F2N9O5. The Labute approximate surface area is 447 Å². The molecule has 12 rings (SSSR count). The number of phenols is 1. The minimum absolute atomic E-state index is 0.0316. The first kappa shape index (κ1) is 51.0. The Kier molecular flexibility index (Phi) is 13.6. The summed E-state index contributed by atoms with van der Waals surface area (Å²) in [5.41, 5.74) is 3.75. The Morgan fingerprint density at radius 1 is 0.974 bits per heavy atom. The predicted molar refractivity (Wildman–Crippen MR) is 294 cm³/mol. The number of carbonyl (C=O) groups is 3. The highest BCUT2D eigenvalue weighted by Crippen LogP contribution is 2.54. The molecule has 16 heteroatoms. The summed E-state index contributed by atoms with van der Waals surface area (Å²) in [5, 5.41) is 20.1. The van der Waals surface area contributed by atoms with E-state index in [-0.39, 0.29) is 63.3 Å². The number of benzene rings is 4. The fourth-order valence-electron chi connectivity index (χ4n) is 14.0. The Balaban J connectivity index is 0.683. The van der Waals surface area contributed by atoms with Gasteiger partial charge in [-0.1, -0.05) is 36.3 Å². The van der Waals surface area contributed by atoms with Crippen LogP contribution in [0.4, 0.5) is 20.3 Å². The number of nitrogens with zero attached hydrogens (tertiary/aromatic N) is 7. The maximum Gasteiger partial charge on any atom is 0.319 e. The van der Waals surface area contributed by atoms with E-state index in [0.29, 0.717) is 78.6 Å². The van der Waals surface area contributed by atoms with Crippen LogP contribution in [0.25, 0.3) is 43.7 Å². The topological polar surface area (TPSA) is 156 Å². The van der Waals surface area contributed by atoms with Crippen molar-refractivity contribution in [3.05, 3.63) is 89.1 Å². The number of rotatable bonds is 16. The number of aromatic hydroxyl groups is 1. The highest BCUT2D eigenvalue weighted by Gasteiger charge is 2.51. The fraction of sp³-hybridized carbons (Fsp3) is 0.475. The van der Waals surface area contributed by atoms with Crippen molar-refractivity contribution in [3.8, 4) is 35.4 Å². The van der Waals surface area contributed by atoms with Gasteiger partial charge >= 0.3 is 6.01 Å². The van der Waals surface area contributed by atoms with E-state index in [2.05, 4.69) is 73.5 Å². The van der Waals surface area contributed by atoms with Gasteiger partial charge in [0.05, 0.1) is 23.2 Å². The van der Waals surface area contributed by atoms with Gasteiger partial charge in [-0.3, -0.25) is 24.7 Å². The van der Waals surface area contributed by atoms with E-state index >= 15 is 8.78 Å². The number of nitrogens with one attached hydrogen (secondary N) is 2. The number of piperidine rings is 2. The molecule has 4 aromatic carbocycles. The lowest BCUT2D eigenvalue weighted by Gasteiger charge is -2.56. The second kappa shape index (κ2) is 20.5. The third-order valence-electron chi connectivity index (χ3n) is 18.5. The first-order chi connectivity index (χ1) is 37.3. The van der Waals surface area contributed by atoms with Crippen molar-refractivity contribution >= 4 is 62.7 Å². The summed E-state index contributed by atoms with van der Waals surface area (Å²) in [6.07, 6.45) is 20.5. The van der Waals surface area contributed by atoms with E-state index in [4.69, 9.17) is 21.1 Å². The number of aryl methyl sites for hydroxylation is 1. The van der Waals surface area contributed by atoms with Crippen LogP contribution in [0.1, 0.15) is 107 Å². The molecule has 6 aliphatic rings. The van der Waals surface area contributed by atoms with Gasteiger partial charge in [0.15, 0.2) is 5.82 Å². The third kappa shape index (κ3) is 9.73. The molecule has 400 valence electrons. The van der Waals surface area contributed by atoms with E-state index < -0.39 is 11.6 Å². The van der Waals surface area contributed by atoms with Crippen molar-refractivity contribution in [2.75, 3.05) is 62.2 Å². The zero-order valence-electron chi connectivity index (χ0n) is 44.0. The highest BCUT2D eigenvalue weighted by molar-refractivity contribution is 6.04. The van der Waals surface area contributed by atoms with Crippen LogP contribution in [0, 0.1) is 41.7 Å². The molecule has 6 heterocycles. The number of carbonyl (C=O) groups excluding carboxylic acids is 3. The average Bonchev–Trinajstić information content (AvgIpc) is 4.12. The fourth-order valence-corrected chi connectivity index (χ4v) is 14.0. The van der Waals surface area contributed by atoms with E-state index in [1.165, 1.54) is 60.9 Å². The van der Waals surface area contributed by atoms with Gasteiger partial charge in [0.2, 0.25) is 18.7 Å². The number of amides is 3. The molecule has 3 amide bonds. The molecule has 2 saturated carbocycles. The summed E-state index contributed by atoms with van der Waals surface area (Å²) < 4.78 is 38.9. The number of piperazine rings is 1. The van der Waals surface area contributed by atoms with Crippen LogP contribution < -0.4 is 25.2 Å². The van der Waals surface area contributed by atoms with Crippen LogP contribution in [-0.2, 0) is 14.4 Å². The van der Waals surface area contributed by atoms with Gasteiger partial charge in [-0.05, 0) is 168 Å². The Hall–Kier alpha value is -6.80. The number of imide groups is 1. The zero-order chi connectivity index (χ0) is 53.2. The van der Waals surface area contributed by atoms with E-state index in [1.54, 1.807) is 11.1 Å². The summed E-state index contributed by atoms with van der Waals surface area (Å²) in [7, 11) is 0. The summed E-state index contributed by atoms with van der Waals surface area (Å²) in [6.45, 7) is 11.1. The van der Waals surface area contributed by atoms with Gasteiger partial charge in [0.25, 0.3) is 0 Å². The molecule has 77 heavy (non-hydrogen) atoms. The van der Waals surface area contributed by atoms with Crippen LogP contribution in [0.5, 0.6) is 11.8 Å². The van der Waals surface area contributed by atoms with Crippen molar-refractivity contribution in [2.24, 2.45) is 10.8 Å². The van der Waals surface area contributed by atoms with Crippen LogP contribution in [-0.4, -0.2) is 125 Å². The highest BCUT2D eigenvalue weighted by atomic mass is 19.1. The maximum atomic E-state index is 17.2. The molecule has 3 unspecified atom stereocenters. The normalized spacial score (nSPS) is 21.7. The maximum absolute atomic E-state index is 17.2. The quantitative estimate of drug-likeness (QED) is 0.0626. The number of aromatic nitrogens is 3. The molecular weight excluding hydrogens is 977 g/mol. The molecule has 6 fully saturated rings. The van der Waals surface area contributed by atoms with Crippen LogP contribution in [0.3, 0.4) is 0 Å². The summed E-state index contributed by atoms with van der Waals surface area (Å²) in [4.78, 5) is 58.9. The van der Waals surface area contributed by atoms with Crippen molar-refractivity contribution in [1.82, 2.24) is 35.4 Å². The molecule has 14 nitrogen and oxygen atoms in total. The number of phenolic OH excluding ortho intramolecular Hbond substituents is 1. The monoisotopic (exact) mass is 1040 g/mol. The molecule has 2 aliphatic carbocycles. The van der Waals surface area contributed by atoms with Crippen molar-refractivity contribution < 1.29 is 33.0 Å². The minimum atomic E-state index is -0.721. The molecule has 2 aromatic heterocycles. The first-order valence-electron chi connectivity index (χ1n) is 27.7. The number of fused-ring (bicyclic) bond motifs is 5. The lowest BCUT2D eigenvalue weighted by atomic mass is 9.59. The summed E-state index contributed by atoms with van der Waals surface area (Å²) >= 11 is 0. The van der Waals surface area contributed by atoms with Crippen LogP contribution in [0.2, 0.25) is 0 Å². The molecule has 3 N–H and O–H groups in total. The number of pyridine rings is 1. The lowest BCUT2D eigenvalue weighted by Crippen LogP contribution is -2.56. The van der Waals surface area contributed by atoms with Gasteiger partial charge in [-0.2, -0.15) is 9.97 Å². The number of hydrogen-bond donors (Lipinski definition) is 3. The molecule has 3 atom stereocenters. The second-order valence-electron chi connectivity index (χ2n) is 23.4. The zero-order valence-corrected chi connectivity index (χ0v) is 44.0. The number of hydrogen-bond acceptors (Lipinski definition) is 12. The molecule has 4 aliphatic heterocycles. The number of halogens is 2. The Bertz CT molecular complexity index is 3330. The molecule has 4 saturated heterocycles. The number of terminal acetylenes is 1. The van der Waals surface area contributed by atoms with Crippen LogP contribution >= 0.6 is 0 Å². The van der Waals surface area contributed by atoms with Gasteiger partial charge < -0.3 is 34.8 Å². The largest absolute Gasteiger partial charge is 0.508 e. The second-order valence-corrected chi connectivity index (χ2v) is 23.4. The predicted octanol–water partition coefficient (Wildman–Crippen LogP) is 8.90. The molecule has 6 aromatic rings. The van der Waals surface area contributed by atoms with Crippen molar-refractivity contribution in [2.45, 2.75) is 121 Å². The molecule has 1 spiro atoms. The SMILES string of the molecule is C#Cc1c(F)ccc2cc(O)cc(-c3ncc4c(N5CC6CCC(C5)N6)nc(OCC5(CN6CCC7(CC6)CC(N6CCC(c8ccc(N(C=O)C(C)CCC(=O)NC=O)c9c(C)cccc89)CC6)C7)CC5)nc4c3F)c12. The first-order valence-corrected chi connectivity index (χ1v) is 27.7. The number of anilines is 2. The summed E-state index contributed by atoms with van der Waals surface area (Å²) in [6, 6.07) is 17.4. The van der Waals surface area contributed by atoms with Crippen LogP contribution in [0.15, 0.2) is 60.8 Å². The Morgan fingerprint density at radius 2 is 1.74 bits per heavy atom. The lowest BCUT2D eigenvalue weighted by molar-refractivity contribution is -0.125. The smallest absolute Gasteiger partial charge is 0.319 e. The Morgan fingerprint density at radius 3 is 2.45 bits per heavy atom. The third-order valence-corrected chi connectivity index (χ3v) is 18.5. The standard InChI is InChI=1S/C61H67F2N9O5/c1-4-45-50(62)13-9-40-26-44(75)27-48(54(40)45)56-55(63)57-49(30-64-56)58(71-31-41-10-11-42(32-71)66-41)68-59(67-57)77-34-61(18-19-61)33-69-24-20-60(21-25-69)28-43(29-60)70-22-16-39(17-23-70)46-12-14-51(53-37(2)6-5-7-47(46)53)72(36-74)38(3)8-15-52(76)65-35-73/h1,5-7,9,12-14,26-27,30,35-36,38-39,41-43,66,75H,8,10-11,15-25,28-29,31-34H2,2-3H3,(H,65,73,76). The van der Waals surface area contributed by atoms with E-state index in [0.717, 1.165) is 94.3 Å². The minimum Gasteiger partial charge on any atom is -0.508 e. The van der Waals surface area contributed by atoms with Gasteiger partial charge in [-0.25, -0.2) is 8.78 Å². The van der Waals surface area contributed by atoms with Crippen molar-refractivity contribution in [1.29, 1.82) is 0 Å². The van der Waals surface area contributed by atoms with Crippen molar-refractivity contribution in [3.63, 3.8) is 0 Å². The van der Waals surface area contributed by atoms with E-state index in [9.17, 15) is 19.5 Å². The summed E-state index contributed by atoms with van der Waals surface area (Å²) in [5.74, 6) is 1.60. The van der Waals surface area contributed by atoms with Gasteiger partial charge in [0.1, 0.15) is 28.6 Å². The number of likely N-dealkylation sites (tertiary alicyclic amines) is 2. The average molecular weight is 1040 g/mol. The van der Waals surface area contributed by atoms with E-state index in [1.807, 2.05) is 6.92 Å². The van der Waals surface area contributed by atoms with Gasteiger partial charge in [-0.15, -0.1) is 6.42 Å². The number of ether oxygens (including phenoxy) is 1. The molecule has 0 radical (unpaired) electrons. The van der Waals surface area contributed by atoms with Gasteiger partial charge in [0, 0.05) is 78.2 Å². The molecule has 2 bridgehead atoms.